The van der Waals surface area contributed by atoms with Gasteiger partial charge in [0, 0.05) is 0 Å². The Kier molecular flexibility index (Phi) is 8.16. The largest absolute Gasteiger partial charge is 0.493 e. The topological polar surface area (TPSA) is 82.1 Å². The zero-order chi connectivity index (χ0) is 24.0. The average molecular weight is 470 g/mol. The molecule has 3 rings (SSSR count). The lowest BCUT2D eigenvalue weighted by Gasteiger charge is -2.14. The van der Waals surface area contributed by atoms with Crippen molar-refractivity contribution in [3.8, 4) is 11.5 Å². The molecule has 2 aromatic carbocycles. The highest BCUT2D eigenvalue weighted by molar-refractivity contribution is 8.18. The maximum absolute atomic E-state index is 12.7. The number of thioether (sulfide) groups is 1. The van der Waals surface area contributed by atoms with Crippen LogP contribution in [0.2, 0.25) is 0 Å². The summed E-state index contributed by atoms with van der Waals surface area (Å²) in [5, 5.41) is -0.502. The Hall–Kier alpha value is -3.26. The van der Waals surface area contributed by atoms with E-state index in [0.717, 1.165) is 27.8 Å². The number of rotatable bonds is 9. The second kappa shape index (κ2) is 11.0. The van der Waals surface area contributed by atoms with Gasteiger partial charge in [0.25, 0.3) is 11.1 Å². The number of aryl methyl sites for hydroxylation is 1. The Bertz CT molecular complexity index is 1080. The maximum atomic E-state index is 12.7. The van der Waals surface area contributed by atoms with Gasteiger partial charge in [0.05, 0.1) is 18.1 Å². The molecule has 1 atom stereocenters. The fourth-order valence-corrected chi connectivity index (χ4v) is 3.96. The third-order valence-corrected chi connectivity index (χ3v) is 5.94. The maximum Gasteiger partial charge on any atom is 0.326 e. The Balaban J connectivity index is 1.70. The van der Waals surface area contributed by atoms with E-state index in [1.54, 1.807) is 31.2 Å². The van der Waals surface area contributed by atoms with E-state index >= 15 is 0 Å². The number of ether oxygens (including phenoxy) is 3. The molecule has 1 aliphatic heterocycles. The summed E-state index contributed by atoms with van der Waals surface area (Å²) in [4.78, 5) is 38.1. The van der Waals surface area contributed by atoms with Crippen molar-refractivity contribution in [1.82, 2.24) is 4.90 Å². The zero-order valence-electron chi connectivity index (χ0n) is 19.1. The predicted octanol–water partition coefficient (Wildman–Crippen LogP) is 4.96. The van der Waals surface area contributed by atoms with Crippen LogP contribution in [0.3, 0.4) is 0 Å². The molecule has 2 aromatic rings. The highest BCUT2D eigenvalue weighted by atomic mass is 32.2. The smallest absolute Gasteiger partial charge is 0.326 e. The third-order valence-electron chi connectivity index (χ3n) is 5.03. The van der Waals surface area contributed by atoms with Crippen molar-refractivity contribution in [1.29, 1.82) is 0 Å². The molecule has 7 nitrogen and oxygen atoms in total. The van der Waals surface area contributed by atoms with Crippen LogP contribution in [0.15, 0.2) is 47.4 Å². The molecule has 0 spiro atoms. The summed E-state index contributed by atoms with van der Waals surface area (Å²) in [5.74, 6) is -0.0562. The van der Waals surface area contributed by atoms with Crippen molar-refractivity contribution >= 4 is 35.0 Å². The van der Waals surface area contributed by atoms with Crippen molar-refractivity contribution in [3.05, 3.63) is 64.1 Å². The molecule has 0 bridgehead atoms. The summed E-state index contributed by atoms with van der Waals surface area (Å²) in [5.41, 5.74) is 2.87. The zero-order valence-corrected chi connectivity index (χ0v) is 19.9. The number of benzene rings is 2. The normalized spacial score (nSPS) is 15.6. The highest BCUT2D eigenvalue weighted by Gasteiger charge is 2.36. The van der Waals surface area contributed by atoms with Gasteiger partial charge in [-0.1, -0.05) is 42.8 Å². The van der Waals surface area contributed by atoms with Gasteiger partial charge in [-0.15, -0.1) is 0 Å². The van der Waals surface area contributed by atoms with E-state index in [0.29, 0.717) is 30.1 Å². The van der Waals surface area contributed by atoms with Crippen molar-refractivity contribution < 1.29 is 28.6 Å². The quantitative estimate of drug-likeness (QED) is 0.379. The molecule has 0 N–H and O–H groups in total. The van der Waals surface area contributed by atoms with E-state index in [4.69, 9.17) is 14.2 Å². The summed E-state index contributed by atoms with van der Waals surface area (Å²) in [7, 11) is 1.54. The number of hydrogen-bond donors (Lipinski definition) is 0. The molecule has 0 saturated carbocycles. The number of imide groups is 1. The van der Waals surface area contributed by atoms with Gasteiger partial charge >= 0.3 is 5.97 Å². The number of amides is 2. The van der Waals surface area contributed by atoms with Crippen LogP contribution < -0.4 is 9.47 Å². The molecule has 0 aliphatic carbocycles. The minimum Gasteiger partial charge on any atom is -0.493 e. The Morgan fingerprint density at radius 1 is 1.15 bits per heavy atom. The van der Waals surface area contributed by atoms with Gasteiger partial charge in [-0.05, 0) is 61.4 Å². The molecule has 8 heteroatoms. The number of methoxy groups -OCH3 is 1. The van der Waals surface area contributed by atoms with E-state index in [2.05, 4.69) is 6.07 Å². The number of carbonyl (C=O) groups is 3. The highest BCUT2D eigenvalue weighted by Crippen LogP contribution is 2.34. The van der Waals surface area contributed by atoms with E-state index in [1.807, 2.05) is 32.0 Å². The predicted molar refractivity (Wildman–Crippen MR) is 127 cm³/mol. The summed E-state index contributed by atoms with van der Waals surface area (Å²) in [6.07, 6.45) is 1.98. The molecule has 1 heterocycles. The van der Waals surface area contributed by atoms with Crippen LogP contribution in [-0.4, -0.2) is 41.8 Å². The van der Waals surface area contributed by atoms with E-state index in [9.17, 15) is 14.4 Å². The van der Waals surface area contributed by atoms with Crippen LogP contribution in [0.25, 0.3) is 6.08 Å². The molecule has 0 radical (unpaired) electrons. The third kappa shape index (κ3) is 6.38. The van der Waals surface area contributed by atoms with Crippen LogP contribution in [0.1, 0.15) is 37.0 Å². The molecular formula is C25H27NO6S. The lowest BCUT2D eigenvalue weighted by molar-refractivity contribution is -0.150. The fraction of sp³-hybridized carbons (Fsp3) is 0.320. The van der Waals surface area contributed by atoms with Gasteiger partial charge in [0.2, 0.25) is 0 Å². The molecular weight excluding hydrogens is 442 g/mol. The number of esters is 1. The van der Waals surface area contributed by atoms with Gasteiger partial charge in [-0.2, -0.15) is 0 Å². The molecule has 0 aromatic heterocycles. The minimum atomic E-state index is -0.607. The molecule has 1 aliphatic rings. The molecule has 174 valence electrons. The average Bonchev–Trinajstić information content (AvgIpc) is 3.05. The van der Waals surface area contributed by atoms with Crippen molar-refractivity contribution in [2.75, 3.05) is 13.7 Å². The van der Waals surface area contributed by atoms with Crippen LogP contribution in [-0.2, 0) is 20.9 Å². The van der Waals surface area contributed by atoms with Crippen LogP contribution in [0.4, 0.5) is 4.79 Å². The molecule has 2 amide bonds. The van der Waals surface area contributed by atoms with E-state index in [1.165, 1.54) is 7.11 Å². The molecule has 1 fully saturated rings. The molecule has 33 heavy (non-hydrogen) atoms. The first-order valence-electron chi connectivity index (χ1n) is 10.6. The first kappa shape index (κ1) is 24.4. The van der Waals surface area contributed by atoms with Crippen molar-refractivity contribution in [3.63, 3.8) is 0 Å². The second-order valence-corrected chi connectivity index (χ2v) is 8.66. The van der Waals surface area contributed by atoms with Gasteiger partial charge in [-0.25, -0.2) is 0 Å². The standard InChI is InChI=1S/C25H27NO6S/c1-5-17(3)32-23(27)14-26-24(28)22(33-25(26)29)13-18-9-10-20(21(12-18)30-4)31-15-19-8-6-7-16(2)11-19/h6-13,17H,5,14-15H2,1-4H3/b22-13-/t17-/m1/s1. The van der Waals surface area contributed by atoms with E-state index in [-0.39, 0.29) is 11.0 Å². The van der Waals surface area contributed by atoms with Gasteiger partial charge in [-0.3, -0.25) is 19.3 Å². The van der Waals surface area contributed by atoms with Crippen LogP contribution in [0.5, 0.6) is 11.5 Å². The lowest BCUT2D eigenvalue weighted by Crippen LogP contribution is -2.35. The van der Waals surface area contributed by atoms with Crippen molar-refractivity contribution in [2.24, 2.45) is 0 Å². The Labute approximate surface area is 197 Å². The van der Waals surface area contributed by atoms with E-state index < -0.39 is 23.7 Å². The lowest BCUT2D eigenvalue weighted by atomic mass is 10.1. The summed E-state index contributed by atoms with van der Waals surface area (Å²) in [6, 6.07) is 13.3. The van der Waals surface area contributed by atoms with Crippen LogP contribution in [0, 0.1) is 6.92 Å². The molecule has 0 unspecified atom stereocenters. The summed E-state index contributed by atoms with van der Waals surface area (Å²) < 4.78 is 16.5. The van der Waals surface area contributed by atoms with Gasteiger partial charge in [0.15, 0.2) is 11.5 Å². The molecule has 1 saturated heterocycles. The second-order valence-electron chi connectivity index (χ2n) is 7.66. The summed E-state index contributed by atoms with van der Waals surface area (Å²) >= 11 is 0.788. The minimum absolute atomic E-state index is 0.229. The monoisotopic (exact) mass is 469 g/mol. The fourth-order valence-electron chi connectivity index (χ4n) is 3.12. The van der Waals surface area contributed by atoms with Gasteiger partial charge in [0.1, 0.15) is 13.2 Å². The Morgan fingerprint density at radius 3 is 2.64 bits per heavy atom. The summed E-state index contributed by atoms with van der Waals surface area (Å²) in [6.45, 7) is 5.65. The van der Waals surface area contributed by atoms with Crippen molar-refractivity contribution in [2.45, 2.75) is 39.9 Å². The Morgan fingerprint density at radius 2 is 1.94 bits per heavy atom. The number of carbonyl (C=O) groups excluding carboxylic acids is 3. The first-order valence-corrected chi connectivity index (χ1v) is 11.4. The number of nitrogens with zero attached hydrogens (tertiary/aromatic N) is 1. The first-order chi connectivity index (χ1) is 15.8. The number of hydrogen-bond acceptors (Lipinski definition) is 7. The van der Waals surface area contributed by atoms with Crippen LogP contribution >= 0.6 is 11.8 Å². The van der Waals surface area contributed by atoms with Gasteiger partial charge < -0.3 is 14.2 Å². The SMILES string of the molecule is CC[C@@H](C)OC(=O)CN1C(=O)S/C(=C\c2ccc(OCc3cccc(C)c3)c(OC)c2)C1=O.